The molecule has 0 aliphatic heterocycles. The molecule has 2 saturated carbocycles. The second kappa shape index (κ2) is 37.6. The summed E-state index contributed by atoms with van der Waals surface area (Å²) in [5.74, 6) is 0. The van der Waals surface area contributed by atoms with Crippen molar-refractivity contribution < 1.29 is 57.2 Å². The molecule has 0 bridgehead atoms. The predicted octanol–water partition coefficient (Wildman–Crippen LogP) is 14.8. The van der Waals surface area contributed by atoms with E-state index in [1.54, 1.807) is 12.2 Å². The third-order valence-corrected chi connectivity index (χ3v) is 16.3. The fourth-order valence-electron chi connectivity index (χ4n) is 11.6. The number of aliphatic hydroxyl groups is 1. The fourth-order valence-corrected chi connectivity index (χ4v) is 11.6. The Morgan fingerprint density at radius 1 is 0.204 bits per heavy atom. The van der Waals surface area contributed by atoms with Gasteiger partial charge in [-0.25, -0.2) is 0 Å². The van der Waals surface area contributed by atoms with Gasteiger partial charge in [-0.3, -0.25) is 0 Å². The minimum Gasteiger partial charge on any atom is -0.387 e. The van der Waals surface area contributed by atoms with Crippen LogP contribution < -0.4 is 0 Å². The molecule has 482 valence electrons. The molecular formula is C81H86O12. The van der Waals surface area contributed by atoms with Gasteiger partial charge in [0.1, 0.15) is 73.2 Å². The second-order valence-electron chi connectivity index (χ2n) is 23.0. The van der Waals surface area contributed by atoms with Crippen molar-refractivity contribution in [3.8, 4) is 0 Å². The van der Waals surface area contributed by atoms with E-state index in [1.165, 1.54) is 0 Å². The van der Waals surface area contributed by atoms with Gasteiger partial charge in [-0.15, -0.1) is 13.2 Å². The Hall–Kier alpha value is -8.02. The molecule has 0 amide bonds. The molecule has 12 heteroatoms. The Morgan fingerprint density at radius 2 is 0.333 bits per heavy atom. The van der Waals surface area contributed by atoms with E-state index in [4.69, 9.17) is 52.1 Å². The van der Waals surface area contributed by atoms with Crippen LogP contribution >= 0.6 is 0 Å². The first kappa shape index (κ1) is 67.9. The van der Waals surface area contributed by atoms with Crippen LogP contribution in [0.4, 0.5) is 0 Å². The molecule has 0 radical (unpaired) electrons. The maximum Gasteiger partial charge on any atom is 0.116 e. The summed E-state index contributed by atoms with van der Waals surface area (Å²) in [6.45, 7) is 11.4. The first-order valence-corrected chi connectivity index (χ1v) is 32.0. The summed E-state index contributed by atoms with van der Waals surface area (Å²) < 4.78 is 73.5. The zero-order valence-corrected chi connectivity index (χ0v) is 52.7. The SMILES string of the molecule is C=CCOC1[C@@H](OCc2ccccc2)[C@H](OCc2ccccc2)C(OCc2ccccc2)[C@H](OCc2ccccc2)[C@@H]1OCc1ccccc1.C=CCO[C@H]1[C@@H](O)[C@@H](OCc2ccccc2)[C@H](OCc2ccccc2)[C@@H](OCc2ccccc2)[C@@H]1OCc1ccccc1. The summed E-state index contributed by atoms with van der Waals surface area (Å²) in [6, 6.07) is 90.5. The Morgan fingerprint density at radius 3 is 0.505 bits per heavy atom. The molecule has 2 aliphatic rings. The third-order valence-electron chi connectivity index (χ3n) is 16.3. The minimum atomic E-state index is -1.05. The minimum absolute atomic E-state index is 0.235. The van der Waals surface area contributed by atoms with Crippen LogP contribution in [0.1, 0.15) is 50.1 Å². The number of hydrogen-bond donors (Lipinski definition) is 1. The number of benzene rings is 9. The Balaban J connectivity index is 0.000000206. The highest BCUT2D eigenvalue weighted by Crippen LogP contribution is 2.38. The lowest BCUT2D eigenvalue weighted by molar-refractivity contribution is -0.289. The average molecular weight is 1250 g/mol. The molecule has 2 fully saturated rings. The van der Waals surface area contributed by atoms with Crippen LogP contribution in [0, 0.1) is 0 Å². The summed E-state index contributed by atoms with van der Waals surface area (Å²) in [5, 5.41) is 11.9. The van der Waals surface area contributed by atoms with E-state index in [-0.39, 0.29) is 6.61 Å². The standard InChI is InChI=1S/C44H46O6.C37H40O6/c1-2-28-45-39-40(46-29-34-18-8-3-9-19-34)42(48-31-36-22-12-5-13-23-36)44(50-33-38-26-16-7-17-27-38)43(49-32-37-24-14-6-15-25-37)41(39)47-30-35-20-10-4-11-21-35;1-2-23-39-33-32(38)34(40-24-28-15-7-3-8-16-28)36(42-26-30-19-11-5-12-20-30)37(43-27-31-21-13-6-14-22-31)35(33)41-25-29-17-9-4-10-18-29/h2-27,39-44H,1,28-33H2;2-22,32-38H,1,23-27H2/t39?,40-,41-,42-,43+,44?;32-,33+,34-,35-,36+,37+/m11/s1. The van der Waals surface area contributed by atoms with Gasteiger partial charge in [-0.2, -0.15) is 0 Å². The smallest absolute Gasteiger partial charge is 0.116 e. The molecular weight excluding hydrogens is 1160 g/mol. The first-order valence-electron chi connectivity index (χ1n) is 32.0. The summed E-state index contributed by atoms with van der Waals surface area (Å²) in [4.78, 5) is 0. The Bertz CT molecular complexity index is 3350. The molecule has 2 unspecified atom stereocenters. The number of rotatable bonds is 33. The van der Waals surface area contributed by atoms with Crippen LogP contribution in [0.3, 0.4) is 0 Å². The van der Waals surface area contributed by atoms with Crippen molar-refractivity contribution in [2.24, 2.45) is 0 Å². The third kappa shape index (κ3) is 20.7. The molecule has 12 nitrogen and oxygen atoms in total. The highest BCUT2D eigenvalue weighted by molar-refractivity contribution is 5.22. The number of aliphatic hydroxyl groups excluding tert-OH is 1. The van der Waals surface area contributed by atoms with Gasteiger partial charge in [0.05, 0.1) is 72.7 Å². The zero-order chi connectivity index (χ0) is 63.9. The van der Waals surface area contributed by atoms with Gasteiger partial charge < -0.3 is 57.2 Å². The van der Waals surface area contributed by atoms with Gasteiger partial charge in [0, 0.05) is 0 Å². The van der Waals surface area contributed by atoms with E-state index >= 15 is 0 Å². The van der Waals surface area contributed by atoms with Crippen LogP contribution in [0.25, 0.3) is 0 Å². The lowest BCUT2D eigenvalue weighted by Crippen LogP contribution is -2.67. The lowest BCUT2D eigenvalue weighted by atomic mass is 9.83. The van der Waals surface area contributed by atoms with E-state index in [0.717, 1.165) is 50.1 Å². The monoisotopic (exact) mass is 1250 g/mol. The van der Waals surface area contributed by atoms with Crippen LogP contribution in [0.2, 0.25) is 0 Å². The van der Waals surface area contributed by atoms with E-state index in [1.807, 2.05) is 212 Å². The first-order chi connectivity index (χ1) is 46.0. The van der Waals surface area contributed by atoms with Crippen molar-refractivity contribution in [2.45, 2.75) is 133 Å². The fraction of sp³-hybridized carbons (Fsp3) is 0.284. The molecule has 2 aliphatic carbocycles. The molecule has 9 aromatic carbocycles. The molecule has 12 atom stereocenters. The average Bonchev–Trinajstić information content (AvgIpc) is 0.901. The van der Waals surface area contributed by atoms with Gasteiger partial charge in [0.15, 0.2) is 0 Å². The summed E-state index contributed by atoms with van der Waals surface area (Å²) in [6.07, 6.45) is -4.52. The van der Waals surface area contributed by atoms with Crippen molar-refractivity contribution in [3.05, 3.63) is 348 Å². The van der Waals surface area contributed by atoms with Crippen LogP contribution in [-0.2, 0) is 112 Å². The molecule has 9 aromatic rings. The maximum atomic E-state index is 11.9. The van der Waals surface area contributed by atoms with E-state index in [0.29, 0.717) is 66.1 Å². The van der Waals surface area contributed by atoms with Gasteiger partial charge in [0.25, 0.3) is 0 Å². The largest absolute Gasteiger partial charge is 0.387 e. The van der Waals surface area contributed by atoms with E-state index in [9.17, 15) is 5.11 Å². The second-order valence-corrected chi connectivity index (χ2v) is 23.0. The molecule has 93 heavy (non-hydrogen) atoms. The highest BCUT2D eigenvalue weighted by atomic mass is 16.6. The van der Waals surface area contributed by atoms with E-state index in [2.05, 4.69) is 73.8 Å². The zero-order valence-electron chi connectivity index (χ0n) is 52.7. The quantitative estimate of drug-likeness (QED) is 0.0394. The lowest BCUT2D eigenvalue weighted by Gasteiger charge is -2.49. The van der Waals surface area contributed by atoms with Crippen molar-refractivity contribution in [1.82, 2.24) is 0 Å². The predicted molar refractivity (Wildman–Crippen MR) is 361 cm³/mol. The molecule has 0 heterocycles. The van der Waals surface area contributed by atoms with Gasteiger partial charge in [-0.1, -0.05) is 285 Å². The maximum absolute atomic E-state index is 11.9. The Labute approximate surface area is 548 Å². The van der Waals surface area contributed by atoms with Crippen LogP contribution in [0.5, 0.6) is 0 Å². The molecule has 0 saturated heterocycles. The molecule has 1 N–H and O–H groups in total. The van der Waals surface area contributed by atoms with Gasteiger partial charge in [-0.05, 0) is 50.1 Å². The summed E-state index contributed by atoms with van der Waals surface area (Å²) >= 11 is 0. The van der Waals surface area contributed by atoms with E-state index < -0.39 is 73.2 Å². The molecule has 11 rings (SSSR count). The Kier molecular flexibility index (Phi) is 27.4. The van der Waals surface area contributed by atoms with Crippen LogP contribution in [-0.4, -0.2) is 91.6 Å². The van der Waals surface area contributed by atoms with Crippen molar-refractivity contribution in [3.63, 3.8) is 0 Å². The number of ether oxygens (including phenoxy) is 11. The van der Waals surface area contributed by atoms with Gasteiger partial charge in [0.2, 0.25) is 0 Å². The summed E-state index contributed by atoms with van der Waals surface area (Å²) in [7, 11) is 0. The van der Waals surface area contributed by atoms with Gasteiger partial charge >= 0.3 is 0 Å². The normalized spacial score (nSPS) is 22.6. The summed E-state index contributed by atoms with van der Waals surface area (Å²) in [5.41, 5.74) is 9.24. The number of hydrogen-bond acceptors (Lipinski definition) is 12. The van der Waals surface area contributed by atoms with Crippen LogP contribution in [0.15, 0.2) is 298 Å². The highest BCUT2D eigenvalue weighted by Gasteiger charge is 2.56. The molecule has 0 aromatic heterocycles. The van der Waals surface area contributed by atoms with Crippen molar-refractivity contribution in [1.29, 1.82) is 0 Å². The topological polar surface area (TPSA) is 122 Å². The van der Waals surface area contributed by atoms with Crippen molar-refractivity contribution in [2.75, 3.05) is 13.2 Å². The van der Waals surface area contributed by atoms with Crippen molar-refractivity contribution >= 4 is 0 Å². The molecule has 0 spiro atoms.